The fourth-order valence-electron chi connectivity index (χ4n) is 1.59. The molecule has 1 aromatic heterocycles. The lowest BCUT2D eigenvalue weighted by atomic mass is 10.1. The van der Waals surface area contributed by atoms with Gasteiger partial charge in [0.1, 0.15) is 17.1 Å². The molecule has 0 aliphatic carbocycles. The second kappa shape index (κ2) is 4.79. The first-order valence-electron chi connectivity index (χ1n) is 5.35. The van der Waals surface area contributed by atoms with E-state index in [4.69, 9.17) is 0 Å². The van der Waals surface area contributed by atoms with Gasteiger partial charge >= 0.3 is 0 Å². The average Bonchev–Trinajstić information content (AvgIpc) is 2.72. The molecule has 6 heteroatoms. The van der Waals surface area contributed by atoms with Crippen LogP contribution in [0.15, 0.2) is 30.5 Å². The Labute approximate surface area is 103 Å². The van der Waals surface area contributed by atoms with Gasteiger partial charge in [-0.05, 0) is 18.2 Å². The van der Waals surface area contributed by atoms with E-state index in [2.05, 4.69) is 10.4 Å². The largest absolute Gasteiger partial charge is 0.507 e. The number of phenols is 2. The van der Waals surface area contributed by atoms with E-state index in [1.54, 1.807) is 24.0 Å². The molecule has 1 heterocycles. The number of carbonyl (C=O) groups is 1. The lowest BCUT2D eigenvalue weighted by Gasteiger charge is -2.08. The highest BCUT2D eigenvalue weighted by atomic mass is 16.3. The van der Waals surface area contributed by atoms with Crippen molar-refractivity contribution in [3.05, 3.63) is 41.7 Å². The number of benzene rings is 1. The minimum atomic E-state index is -0.535. The van der Waals surface area contributed by atoms with Gasteiger partial charge in [-0.25, -0.2) is 0 Å². The maximum atomic E-state index is 11.8. The molecule has 2 rings (SSSR count). The molecule has 0 aliphatic heterocycles. The van der Waals surface area contributed by atoms with E-state index in [1.807, 2.05) is 0 Å². The minimum absolute atomic E-state index is 0.125. The van der Waals surface area contributed by atoms with E-state index in [0.29, 0.717) is 0 Å². The van der Waals surface area contributed by atoms with E-state index < -0.39 is 5.91 Å². The summed E-state index contributed by atoms with van der Waals surface area (Å²) >= 11 is 0. The van der Waals surface area contributed by atoms with E-state index in [9.17, 15) is 15.0 Å². The Morgan fingerprint density at radius 1 is 1.33 bits per heavy atom. The molecule has 0 saturated carbocycles. The number of aromatic hydroxyl groups is 2. The Hall–Kier alpha value is -2.50. The van der Waals surface area contributed by atoms with Crippen LogP contribution < -0.4 is 5.32 Å². The first-order valence-corrected chi connectivity index (χ1v) is 5.35. The standard InChI is InChI=1S/C12H13N3O3/c1-15-8(5-6-14-15)7-13-12(18)11-9(16)3-2-4-10(11)17/h2-6,16-17H,7H2,1H3,(H,13,18). The van der Waals surface area contributed by atoms with Crippen LogP contribution in [0.3, 0.4) is 0 Å². The number of aryl methyl sites for hydroxylation is 1. The van der Waals surface area contributed by atoms with Crippen LogP contribution in [0.4, 0.5) is 0 Å². The van der Waals surface area contributed by atoms with Crippen LogP contribution in [-0.4, -0.2) is 25.9 Å². The number of rotatable bonds is 3. The molecule has 94 valence electrons. The summed E-state index contributed by atoms with van der Waals surface area (Å²) in [5, 5.41) is 25.6. The van der Waals surface area contributed by atoms with Crippen molar-refractivity contribution in [1.29, 1.82) is 0 Å². The zero-order valence-electron chi connectivity index (χ0n) is 9.79. The van der Waals surface area contributed by atoms with Gasteiger partial charge in [-0.2, -0.15) is 5.10 Å². The van der Waals surface area contributed by atoms with Crippen molar-refractivity contribution in [2.45, 2.75) is 6.54 Å². The Bertz CT molecular complexity index is 557. The molecule has 0 aliphatic rings. The minimum Gasteiger partial charge on any atom is -0.507 e. The van der Waals surface area contributed by atoms with E-state index in [-0.39, 0.29) is 23.6 Å². The van der Waals surface area contributed by atoms with Crippen LogP contribution in [0.5, 0.6) is 11.5 Å². The predicted octanol–water partition coefficient (Wildman–Crippen LogP) is 0.761. The number of phenolic OH excluding ortho intramolecular Hbond substituents is 2. The van der Waals surface area contributed by atoms with Crippen molar-refractivity contribution in [3.63, 3.8) is 0 Å². The average molecular weight is 247 g/mol. The molecular weight excluding hydrogens is 234 g/mol. The SMILES string of the molecule is Cn1nccc1CNC(=O)c1c(O)cccc1O. The fourth-order valence-corrected chi connectivity index (χ4v) is 1.59. The second-order valence-corrected chi connectivity index (χ2v) is 3.80. The highest BCUT2D eigenvalue weighted by Crippen LogP contribution is 2.25. The summed E-state index contributed by atoms with van der Waals surface area (Å²) in [4.78, 5) is 11.8. The predicted molar refractivity (Wildman–Crippen MR) is 64.1 cm³/mol. The van der Waals surface area contributed by atoms with Crippen molar-refractivity contribution in [2.75, 3.05) is 0 Å². The van der Waals surface area contributed by atoms with Gasteiger partial charge in [0, 0.05) is 13.2 Å². The molecule has 0 spiro atoms. The summed E-state index contributed by atoms with van der Waals surface area (Å²) in [6.45, 7) is 0.267. The molecular formula is C12H13N3O3. The van der Waals surface area contributed by atoms with E-state index >= 15 is 0 Å². The number of nitrogens with zero attached hydrogens (tertiary/aromatic N) is 2. The highest BCUT2D eigenvalue weighted by Gasteiger charge is 2.15. The lowest BCUT2D eigenvalue weighted by Crippen LogP contribution is -2.24. The summed E-state index contributed by atoms with van der Waals surface area (Å²) in [6.07, 6.45) is 1.62. The van der Waals surface area contributed by atoms with Gasteiger partial charge < -0.3 is 15.5 Å². The van der Waals surface area contributed by atoms with Gasteiger partial charge in [0.05, 0.1) is 12.2 Å². The molecule has 18 heavy (non-hydrogen) atoms. The summed E-state index contributed by atoms with van der Waals surface area (Å²) in [5.74, 6) is -1.04. The number of hydrogen-bond donors (Lipinski definition) is 3. The molecule has 0 atom stereocenters. The van der Waals surface area contributed by atoms with Crippen LogP contribution >= 0.6 is 0 Å². The molecule has 0 bridgehead atoms. The molecule has 0 saturated heterocycles. The zero-order valence-corrected chi connectivity index (χ0v) is 9.79. The van der Waals surface area contributed by atoms with Crippen molar-refractivity contribution >= 4 is 5.91 Å². The number of amides is 1. The van der Waals surface area contributed by atoms with Crippen LogP contribution in [-0.2, 0) is 13.6 Å². The zero-order chi connectivity index (χ0) is 13.1. The van der Waals surface area contributed by atoms with Crippen LogP contribution in [0, 0.1) is 0 Å². The van der Waals surface area contributed by atoms with Gasteiger partial charge in [-0.1, -0.05) is 6.07 Å². The molecule has 0 radical (unpaired) electrons. The van der Waals surface area contributed by atoms with Crippen LogP contribution in [0.1, 0.15) is 16.1 Å². The second-order valence-electron chi connectivity index (χ2n) is 3.80. The Kier molecular flexibility index (Phi) is 3.18. The molecule has 0 fully saturated rings. The third-order valence-electron chi connectivity index (χ3n) is 2.60. The van der Waals surface area contributed by atoms with Gasteiger partial charge in [-0.15, -0.1) is 0 Å². The maximum Gasteiger partial charge on any atom is 0.259 e. The number of hydrogen-bond acceptors (Lipinski definition) is 4. The van der Waals surface area contributed by atoms with Crippen LogP contribution in [0.25, 0.3) is 0 Å². The molecule has 6 nitrogen and oxygen atoms in total. The van der Waals surface area contributed by atoms with Gasteiger partial charge in [0.2, 0.25) is 0 Å². The van der Waals surface area contributed by atoms with Gasteiger partial charge in [-0.3, -0.25) is 9.48 Å². The fraction of sp³-hybridized carbons (Fsp3) is 0.167. The van der Waals surface area contributed by atoms with Gasteiger partial charge in [0.25, 0.3) is 5.91 Å². The van der Waals surface area contributed by atoms with Crippen molar-refractivity contribution in [2.24, 2.45) is 7.05 Å². The lowest BCUT2D eigenvalue weighted by molar-refractivity contribution is 0.0944. The van der Waals surface area contributed by atoms with Crippen molar-refractivity contribution in [3.8, 4) is 11.5 Å². The number of aromatic nitrogens is 2. The monoisotopic (exact) mass is 247 g/mol. The van der Waals surface area contributed by atoms with E-state index in [1.165, 1.54) is 18.2 Å². The topological polar surface area (TPSA) is 87.4 Å². The Morgan fingerprint density at radius 2 is 2.00 bits per heavy atom. The molecule has 2 aromatic rings. The Morgan fingerprint density at radius 3 is 2.56 bits per heavy atom. The summed E-state index contributed by atoms with van der Waals surface area (Å²) in [6, 6.07) is 5.92. The first-order chi connectivity index (χ1) is 8.59. The summed E-state index contributed by atoms with van der Waals surface area (Å²) in [5.41, 5.74) is 0.693. The third-order valence-corrected chi connectivity index (χ3v) is 2.60. The van der Waals surface area contributed by atoms with Crippen molar-refractivity contribution in [1.82, 2.24) is 15.1 Å². The molecule has 1 amide bonds. The Balaban J connectivity index is 2.11. The molecule has 0 unspecified atom stereocenters. The highest BCUT2D eigenvalue weighted by molar-refractivity contribution is 5.99. The number of nitrogens with one attached hydrogen (secondary N) is 1. The quantitative estimate of drug-likeness (QED) is 0.747. The van der Waals surface area contributed by atoms with Crippen molar-refractivity contribution < 1.29 is 15.0 Å². The summed E-state index contributed by atoms with van der Waals surface area (Å²) in [7, 11) is 1.76. The van der Waals surface area contributed by atoms with E-state index in [0.717, 1.165) is 5.69 Å². The maximum absolute atomic E-state index is 11.8. The molecule has 3 N–H and O–H groups in total. The number of carbonyl (C=O) groups excluding carboxylic acids is 1. The third kappa shape index (κ3) is 2.27. The summed E-state index contributed by atoms with van der Waals surface area (Å²) < 4.78 is 1.63. The smallest absolute Gasteiger partial charge is 0.259 e. The van der Waals surface area contributed by atoms with Crippen LogP contribution in [0.2, 0.25) is 0 Å². The van der Waals surface area contributed by atoms with Gasteiger partial charge in [0.15, 0.2) is 0 Å². The first kappa shape index (κ1) is 12.0. The normalized spacial score (nSPS) is 10.3. The molecule has 1 aromatic carbocycles.